The Morgan fingerprint density at radius 1 is 0.850 bits per heavy atom. The lowest BCUT2D eigenvalue weighted by atomic mass is 10.1. The van der Waals surface area contributed by atoms with Crippen LogP contribution in [0.2, 0.25) is 0 Å². The molecule has 2 N–H and O–H groups in total. The van der Waals surface area contributed by atoms with Crippen LogP contribution in [0.3, 0.4) is 0 Å². The van der Waals surface area contributed by atoms with E-state index in [1.807, 2.05) is 30.0 Å². The first-order valence-corrected chi connectivity index (χ1v) is 14.0. The van der Waals surface area contributed by atoms with Gasteiger partial charge in [0.1, 0.15) is 5.82 Å². The van der Waals surface area contributed by atoms with E-state index in [1.165, 1.54) is 12.1 Å². The van der Waals surface area contributed by atoms with Crippen LogP contribution in [0.1, 0.15) is 57.5 Å². The van der Waals surface area contributed by atoms with Crippen LogP contribution in [0.25, 0.3) is 0 Å². The lowest BCUT2D eigenvalue weighted by Crippen LogP contribution is -2.50. The summed E-state index contributed by atoms with van der Waals surface area (Å²) in [5, 5.41) is 5.84. The van der Waals surface area contributed by atoms with Crippen LogP contribution < -0.4 is 15.5 Å². The first kappa shape index (κ1) is 27.4. The Morgan fingerprint density at radius 3 is 2.20 bits per heavy atom. The van der Waals surface area contributed by atoms with E-state index in [-0.39, 0.29) is 36.0 Å². The molecule has 7 nitrogen and oxygen atoms in total. The fraction of sp³-hybridized carbons (Fsp3) is 0.344. The van der Waals surface area contributed by atoms with E-state index < -0.39 is 0 Å². The second-order valence-electron chi connectivity index (χ2n) is 10.7. The summed E-state index contributed by atoms with van der Waals surface area (Å²) in [6, 6.07) is 18.6. The van der Waals surface area contributed by atoms with Crippen LogP contribution in [-0.2, 0) is 11.3 Å². The van der Waals surface area contributed by atoms with Crippen molar-refractivity contribution in [2.24, 2.45) is 5.92 Å². The molecule has 1 aliphatic carbocycles. The van der Waals surface area contributed by atoms with E-state index in [0.717, 1.165) is 42.5 Å². The summed E-state index contributed by atoms with van der Waals surface area (Å²) in [7, 11) is 0. The molecule has 5 rings (SSSR count). The number of halogens is 1. The quantitative estimate of drug-likeness (QED) is 0.433. The molecule has 3 aromatic carbocycles. The Labute approximate surface area is 234 Å². The van der Waals surface area contributed by atoms with Crippen molar-refractivity contribution < 1.29 is 18.8 Å². The van der Waals surface area contributed by atoms with Crippen molar-refractivity contribution in [3.63, 3.8) is 0 Å². The molecule has 1 saturated heterocycles. The monoisotopic (exact) mass is 542 g/mol. The molecule has 3 aromatic rings. The van der Waals surface area contributed by atoms with E-state index >= 15 is 0 Å². The number of piperazine rings is 1. The number of hydrogen-bond acceptors (Lipinski definition) is 4. The third kappa shape index (κ3) is 6.50. The van der Waals surface area contributed by atoms with E-state index in [0.29, 0.717) is 43.0 Å². The zero-order valence-electron chi connectivity index (χ0n) is 22.8. The minimum Gasteiger partial charge on any atom is -0.367 e. The van der Waals surface area contributed by atoms with Gasteiger partial charge in [-0.3, -0.25) is 14.4 Å². The van der Waals surface area contributed by atoms with Crippen LogP contribution in [0.5, 0.6) is 0 Å². The molecular weight excluding hydrogens is 507 g/mol. The summed E-state index contributed by atoms with van der Waals surface area (Å²) in [6.45, 7) is 4.65. The fourth-order valence-corrected chi connectivity index (χ4v) is 5.46. The Bertz CT molecular complexity index is 1360. The number of nitrogens with one attached hydrogen (secondary N) is 2. The smallest absolute Gasteiger partial charge is 0.255 e. The number of hydrogen-bond donors (Lipinski definition) is 2. The molecular formula is C32H35FN4O3. The number of carbonyl (C=O) groups excluding carboxylic acids is 3. The largest absolute Gasteiger partial charge is 0.367 e. The zero-order chi connectivity index (χ0) is 28.1. The second kappa shape index (κ2) is 12.3. The molecule has 1 aliphatic heterocycles. The van der Waals surface area contributed by atoms with E-state index in [9.17, 15) is 18.8 Å². The number of nitrogens with zero attached hydrogens (tertiary/aromatic N) is 2. The van der Waals surface area contributed by atoms with Gasteiger partial charge in [0.25, 0.3) is 11.8 Å². The molecule has 0 spiro atoms. The summed E-state index contributed by atoms with van der Waals surface area (Å²) in [5.74, 6) is -0.487. The van der Waals surface area contributed by atoms with Crippen molar-refractivity contribution in [3.8, 4) is 0 Å². The van der Waals surface area contributed by atoms with Gasteiger partial charge in [-0.2, -0.15) is 0 Å². The van der Waals surface area contributed by atoms with Gasteiger partial charge in [-0.1, -0.05) is 42.7 Å². The van der Waals surface area contributed by atoms with Gasteiger partial charge in [-0.05, 0) is 67.8 Å². The topological polar surface area (TPSA) is 81.8 Å². The molecule has 2 fully saturated rings. The van der Waals surface area contributed by atoms with Crippen molar-refractivity contribution in [2.75, 3.05) is 36.4 Å². The maximum absolute atomic E-state index is 13.5. The summed E-state index contributed by atoms with van der Waals surface area (Å²) in [5.41, 5.74) is 4.05. The van der Waals surface area contributed by atoms with E-state index in [4.69, 9.17) is 0 Å². The molecule has 2 aliphatic rings. The fourth-order valence-electron chi connectivity index (χ4n) is 5.46. The molecule has 208 valence electrons. The maximum Gasteiger partial charge on any atom is 0.255 e. The van der Waals surface area contributed by atoms with Crippen molar-refractivity contribution in [3.05, 3.63) is 94.8 Å². The van der Waals surface area contributed by atoms with Crippen LogP contribution in [-0.4, -0.2) is 48.8 Å². The van der Waals surface area contributed by atoms with Gasteiger partial charge < -0.3 is 20.4 Å². The Hall–Kier alpha value is -4.20. The number of anilines is 2. The summed E-state index contributed by atoms with van der Waals surface area (Å²) < 4.78 is 13.3. The third-order valence-corrected chi connectivity index (χ3v) is 7.82. The normalized spacial score (nSPS) is 15.7. The van der Waals surface area contributed by atoms with Gasteiger partial charge in [-0.15, -0.1) is 0 Å². The van der Waals surface area contributed by atoms with Crippen molar-refractivity contribution in [1.29, 1.82) is 0 Å². The highest BCUT2D eigenvalue weighted by molar-refractivity contribution is 6.06. The molecule has 40 heavy (non-hydrogen) atoms. The van der Waals surface area contributed by atoms with Gasteiger partial charge >= 0.3 is 0 Å². The molecule has 0 aromatic heterocycles. The highest BCUT2D eigenvalue weighted by atomic mass is 19.1. The number of carbonyl (C=O) groups is 3. The van der Waals surface area contributed by atoms with Crippen molar-refractivity contribution in [1.82, 2.24) is 10.2 Å². The first-order chi connectivity index (χ1) is 19.4. The predicted octanol–water partition coefficient (Wildman–Crippen LogP) is 5.16. The lowest BCUT2D eigenvalue weighted by Gasteiger charge is -2.38. The summed E-state index contributed by atoms with van der Waals surface area (Å²) >= 11 is 0. The Balaban J connectivity index is 1.33. The zero-order valence-corrected chi connectivity index (χ0v) is 22.8. The highest BCUT2D eigenvalue weighted by Gasteiger charge is 2.30. The molecule has 1 saturated carbocycles. The highest BCUT2D eigenvalue weighted by Crippen LogP contribution is 2.29. The van der Waals surface area contributed by atoms with E-state index in [1.54, 1.807) is 36.4 Å². The van der Waals surface area contributed by atoms with Crippen molar-refractivity contribution >= 4 is 29.1 Å². The predicted molar refractivity (Wildman–Crippen MR) is 154 cm³/mol. The van der Waals surface area contributed by atoms with Gasteiger partial charge in [0.15, 0.2) is 0 Å². The van der Waals surface area contributed by atoms with Gasteiger partial charge in [0.2, 0.25) is 5.91 Å². The molecule has 1 heterocycles. The number of amides is 3. The maximum atomic E-state index is 13.5. The van der Waals surface area contributed by atoms with Crippen LogP contribution >= 0.6 is 0 Å². The SMILES string of the molecule is Cc1ccc(C(=O)Nc2ccc(N3CCN(C(=O)C4CCCC4)CC3)c(C(=O)NCc3ccc(F)cc3)c2)cc1. The molecule has 3 amide bonds. The first-order valence-electron chi connectivity index (χ1n) is 14.0. The molecule has 0 bridgehead atoms. The number of benzene rings is 3. The third-order valence-electron chi connectivity index (χ3n) is 7.82. The number of rotatable bonds is 7. The van der Waals surface area contributed by atoms with Gasteiger partial charge in [0.05, 0.1) is 5.56 Å². The van der Waals surface area contributed by atoms with Crippen LogP contribution in [0.4, 0.5) is 15.8 Å². The van der Waals surface area contributed by atoms with Crippen LogP contribution in [0, 0.1) is 18.7 Å². The molecule has 8 heteroatoms. The standard InChI is InChI=1S/C32H35FN4O3/c1-22-6-10-24(11-7-22)30(38)35-27-14-15-29(28(20-27)31(39)34-21-23-8-12-26(33)13-9-23)36-16-18-37(19-17-36)32(40)25-4-2-3-5-25/h6-15,20,25H,2-5,16-19,21H2,1H3,(H,34,39)(H,35,38). The van der Waals surface area contributed by atoms with Crippen LogP contribution in [0.15, 0.2) is 66.7 Å². The Kier molecular flexibility index (Phi) is 8.43. The minimum absolute atomic E-state index is 0.149. The van der Waals surface area contributed by atoms with Gasteiger partial charge in [-0.25, -0.2) is 4.39 Å². The lowest BCUT2D eigenvalue weighted by molar-refractivity contribution is -0.135. The summed E-state index contributed by atoms with van der Waals surface area (Å²) in [6.07, 6.45) is 4.21. The van der Waals surface area contributed by atoms with E-state index in [2.05, 4.69) is 15.5 Å². The average Bonchev–Trinajstić information content (AvgIpc) is 3.52. The van der Waals surface area contributed by atoms with Crippen molar-refractivity contribution in [2.45, 2.75) is 39.2 Å². The minimum atomic E-state index is -0.333. The second-order valence-corrected chi connectivity index (χ2v) is 10.7. The molecule has 0 atom stereocenters. The Morgan fingerprint density at radius 2 is 1.52 bits per heavy atom. The molecule has 0 radical (unpaired) electrons. The summed E-state index contributed by atoms with van der Waals surface area (Å²) in [4.78, 5) is 43.3. The molecule has 0 unspecified atom stereocenters. The average molecular weight is 543 g/mol. The number of aryl methyl sites for hydroxylation is 1. The van der Waals surface area contributed by atoms with Gasteiger partial charge in [0, 0.05) is 55.6 Å².